The quantitative estimate of drug-likeness (QED) is 0.172. The summed E-state index contributed by atoms with van der Waals surface area (Å²) in [5.74, 6) is -8.03. The fourth-order valence-electron chi connectivity index (χ4n) is 9.19. The summed E-state index contributed by atoms with van der Waals surface area (Å²) < 4.78 is 24.1. The first-order valence-electron chi connectivity index (χ1n) is 20.5. The van der Waals surface area contributed by atoms with Crippen molar-refractivity contribution in [3.63, 3.8) is 0 Å². The van der Waals surface area contributed by atoms with Crippen molar-refractivity contribution < 1.29 is 58.6 Å². The highest BCUT2D eigenvalue weighted by atomic mass is 16.7. The molecule has 2 saturated heterocycles. The summed E-state index contributed by atoms with van der Waals surface area (Å²) in [6.45, 7) is 13.0. The first-order chi connectivity index (χ1) is 26.4. The van der Waals surface area contributed by atoms with Crippen LogP contribution in [-0.2, 0) is 38.1 Å². The number of allylic oxidation sites excluding steroid dienone is 4. The van der Waals surface area contributed by atoms with Gasteiger partial charge in [0.1, 0.15) is 24.0 Å². The zero-order valence-corrected chi connectivity index (χ0v) is 34.4. The van der Waals surface area contributed by atoms with Crippen LogP contribution < -0.4 is 0 Å². The number of aliphatic hydroxyl groups excluding tert-OH is 3. The van der Waals surface area contributed by atoms with Crippen molar-refractivity contribution in [2.75, 3.05) is 20.8 Å². The molecule has 13 nitrogen and oxygen atoms in total. The number of amides is 1. The number of cyclic esters (lactones) is 1. The van der Waals surface area contributed by atoms with Crippen molar-refractivity contribution in [3.05, 3.63) is 36.0 Å². The van der Waals surface area contributed by atoms with Crippen LogP contribution in [0.1, 0.15) is 105 Å². The second-order valence-electron chi connectivity index (χ2n) is 17.1. The first kappa shape index (κ1) is 45.9. The number of methoxy groups -OCH3 is 2. The lowest BCUT2D eigenvalue weighted by atomic mass is 9.81. The molecule has 14 atom stereocenters. The van der Waals surface area contributed by atoms with Gasteiger partial charge < -0.3 is 44.3 Å². The van der Waals surface area contributed by atoms with E-state index in [1.165, 1.54) is 14.2 Å². The Hall–Kier alpha value is -2.78. The van der Waals surface area contributed by atoms with Crippen LogP contribution in [0.2, 0.25) is 0 Å². The van der Waals surface area contributed by atoms with Gasteiger partial charge in [-0.05, 0) is 95.5 Å². The summed E-state index contributed by atoms with van der Waals surface area (Å²) in [6.07, 6.45) is 3.36. The lowest BCUT2D eigenvalue weighted by molar-refractivity contribution is -0.302. The van der Waals surface area contributed by atoms with E-state index in [9.17, 15) is 39.6 Å². The second-order valence-corrected chi connectivity index (χ2v) is 17.1. The number of carbonyl (C=O) groups is 4. The number of aliphatic hydroxyl groups is 4. The molecule has 11 unspecified atom stereocenters. The summed E-state index contributed by atoms with van der Waals surface area (Å²) in [7, 11) is 3.04. The molecular weight excluding hydrogens is 722 g/mol. The van der Waals surface area contributed by atoms with Gasteiger partial charge in [0.05, 0.1) is 30.5 Å². The van der Waals surface area contributed by atoms with Gasteiger partial charge in [0.2, 0.25) is 5.79 Å². The molecular formula is C43H67NO12. The molecule has 3 aliphatic heterocycles. The maximum Gasteiger partial charge on any atom is 0.329 e. The van der Waals surface area contributed by atoms with Gasteiger partial charge in [0.15, 0.2) is 0 Å². The predicted octanol–water partition coefficient (Wildman–Crippen LogP) is 3.98. The molecule has 4 N–H and O–H groups in total. The van der Waals surface area contributed by atoms with Gasteiger partial charge in [-0.3, -0.25) is 14.4 Å². The Kier molecular flexibility index (Phi) is 16.6. The molecule has 1 saturated carbocycles. The van der Waals surface area contributed by atoms with Crippen LogP contribution in [0, 0.1) is 29.6 Å². The van der Waals surface area contributed by atoms with Gasteiger partial charge in [-0.25, -0.2) is 4.79 Å². The van der Waals surface area contributed by atoms with Gasteiger partial charge in [0.25, 0.3) is 11.7 Å². The molecule has 4 rings (SSSR count). The summed E-state index contributed by atoms with van der Waals surface area (Å²) >= 11 is 0. The number of hydrogen-bond acceptors (Lipinski definition) is 12. The molecule has 1 amide bonds. The van der Waals surface area contributed by atoms with Gasteiger partial charge in [0, 0.05) is 44.9 Å². The van der Waals surface area contributed by atoms with E-state index < -0.39 is 90.0 Å². The summed E-state index contributed by atoms with van der Waals surface area (Å²) in [4.78, 5) is 57.6. The maximum absolute atomic E-state index is 14.2. The summed E-state index contributed by atoms with van der Waals surface area (Å²) in [6, 6.07) is -1.16. The summed E-state index contributed by atoms with van der Waals surface area (Å²) in [5, 5.41) is 44.1. The van der Waals surface area contributed by atoms with Crippen LogP contribution in [0.4, 0.5) is 0 Å². The van der Waals surface area contributed by atoms with Crippen LogP contribution in [0.5, 0.6) is 0 Å². The fourth-order valence-corrected chi connectivity index (χ4v) is 9.19. The number of ether oxygens (including phenoxy) is 4. The largest absolute Gasteiger partial charge is 0.456 e. The third kappa shape index (κ3) is 10.8. The Morgan fingerprint density at radius 3 is 2.27 bits per heavy atom. The van der Waals surface area contributed by atoms with E-state index in [0.29, 0.717) is 56.9 Å². The number of esters is 1. The molecule has 3 fully saturated rings. The SMILES string of the molecule is C=CCC1/C=C(/C)CC(C)C[C@H](OC)[C@H]2OC(O)(C(=O)C(=O)N3CCCCC3C(=O)OC(/C(C)=C/C3CC[C@H](O)C(O)C3)C(C)C(O)CC1=O)C(C)CC2OC. The average molecular weight is 790 g/mol. The number of rotatable bonds is 6. The van der Waals surface area contributed by atoms with E-state index in [0.717, 1.165) is 10.5 Å². The summed E-state index contributed by atoms with van der Waals surface area (Å²) in [5.41, 5.74) is 1.54. The molecule has 4 aliphatic rings. The van der Waals surface area contributed by atoms with Crippen molar-refractivity contribution in [1.29, 1.82) is 0 Å². The van der Waals surface area contributed by atoms with Crippen LogP contribution >= 0.6 is 0 Å². The lowest BCUT2D eigenvalue weighted by Crippen LogP contribution is -2.64. The van der Waals surface area contributed by atoms with E-state index >= 15 is 0 Å². The number of fused-ring (bicyclic) bond motifs is 3. The number of hydrogen-bond donors (Lipinski definition) is 4. The Bertz CT molecular complexity index is 1460. The zero-order valence-electron chi connectivity index (χ0n) is 34.4. The molecule has 3 heterocycles. The van der Waals surface area contributed by atoms with E-state index in [1.54, 1.807) is 26.8 Å². The molecule has 2 bridgehead atoms. The number of nitrogens with zero attached hydrogens (tertiary/aromatic N) is 1. The van der Waals surface area contributed by atoms with Gasteiger partial charge in [-0.2, -0.15) is 0 Å². The van der Waals surface area contributed by atoms with Crippen molar-refractivity contribution in [2.24, 2.45) is 29.6 Å². The minimum atomic E-state index is -2.52. The number of Topliss-reactive ketones (excluding diaryl/α,β-unsaturated/α-hetero) is 2. The third-order valence-corrected chi connectivity index (χ3v) is 12.6. The highest BCUT2D eigenvalue weighted by Crippen LogP contribution is 2.39. The minimum Gasteiger partial charge on any atom is -0.456 e. The number of piperidine rings is 1. The van der Waals surface area contributed by atoms with E-state index in [2.05, 4.69) is 6.58 Å². The van der Waals surface area contributed by atoms with Crippen molar-refractivity contribution >= 4 is 23.4 Å². The third-order valence-electron chi connectivity index (χ3n) is 12.6. The zero-order chi connectivity index (χ0) is 41.5. The van der Waals surface area contributed by atoms with Gasteiger partial charge >= 0.3 is 5.97 Å². The van der Waals surface area contributed by atoms with Gasteiger partial charge in [-0.1, -0.05) is 44.6 Å². The van der Waals surface area contributed by atoms with Gasteiger partial charge in [-0.15, -0.1) is 6.58 Å². The normalized spacial score (nSPS) is 41.5. The van der Waals surface area contributed by atoms with E-state index in [-0.39, 0.29) is 43.4 Å². The maximum atomic E-state index is 14.2. The number of carbonyl (C=O) groups excluding carboxylic acids is 4. The second kappa shape index (κ2) is 20.3. The van der Waals surface area contributed by atoms with Crippen LogP contribution in [0.3, 0.4) is 0 Å². The smallest absolute Gasteiger partial charge is 0.329 e. The van der Waals surface area contributed by atoms with E-state index in [1.807, 2.05) is 26.0 Å². The molecule has 56 heavy (non-hydrogen) atoms. The van der Waals surface area contributed by atoms with Crippen LogP contribution in [-0.4, -0.2) is 124 Å². The highest BCUT2D eigenvalue weighted by Gasteiger charge is 2.56. The fraction of sp³-hybridized carbons (Fsp3) is 0.767. The highest BCUT2D eigenvalue weighted by molar-refractivity contribution is 6.39. The molecule has 0 spiro atoms. The molecule has 13 heteroatoms. The first-order valence-corrected chi connectivity index (χ1v) is 20.5. The van der Waals surface area contributed by atoms with Crippen LogP contribution in [0.25, 0.3) is 0 Å². The lowest BCUT2D eigenvalue weighted by Gasteiger charge is -2.47. The molecule has 0 aromatic heterocycles. The van der Waals surface area contributed by atoms with Crippen molar-refractivity contribution in [2.45, 2.75) is 160 Å². The molecule has 0 aromatic carbocycles. The topological polar surface area (TPSA) is 189 Å². The molecule has 0 aromatic rings. The standard InChI is InChI=1S/C43H67NO12/c1-9-12-30-18-24(2)17-25(3)19-36(53-7)39-37(54-8)21-27(5)43(52,56-39)40(49)41(50)44-16-11-10-13-31(44)42(51)55-38(28(6)33(46)23-34(30)47)26(4)20-29-14-15-32(45)35(48)22-29/h9,18,20,25,27-33,35-39,45-46,48,52H,1,10-17,19,21-23H2,2-8H3/b24-18-,26-20+/t25?,27?,28?,29?,30?,31?,32-,33?,35?,36-,37?,38?,39+,43?/m0/s1. The molecule has 1 aliphatic carbocycles. The van der Waals surface area contributed by atoms with Crippen molar-refractivity contribution in [3.8, 4) is 0 Å². The Morgan fingerprint density at radius 2 is 1.62 bits per heavy atom. The Balaban J connectivity index is 1.78. The average Bonchev–Trinajstić information content (AvgIpc) is 3.16. The Labute approximate surface area is 332 Å². The molecule has 0 radical (unpaired) electrons. The van der Waals surface area contributed by atoms with Crippen LogP contribution in [0.15, 0.2) is 36.0 Å². The Morgan fingerprint density at radius 1 is 0.946 bits per heavy atom. The van der Waals surface area contributed by atoms with E-state index in [4.69, 9.17) is 18.9 Å². The predicted molar refractivity (Wildman–Crippen MR) is 208 cm³/mol. The number of ketones is 2. The monoisotopic (exact) mass is 789 g/mol. The minimum absolute atomic E-state index is 0.00242. The van der Waals surface area contributed by atoms with Crippen molar-refractivity contribution in [1.82, 2.24) is 4.90 Å². The molecule has 316 valence electrons.